The first-order valence-electron chi connectivity index (χ1n) is 14.9. The maximum absolute atomic E-state index is 6.45. The van der Waals surface area contributed by atoms with Crippen LogP contribution >= 0.6 is 0 Å². The van der Waals surface area contributed by atoms with Gasteiger partial charge in [-0.1, -0.05) is 82.6 Å². The van der Waals surface area contributed by atoms with Crippen LogP contribution < -0.4 is 11.5 Å². The molecule has 2 saturated carbocycles. The number of benzene rings is 2. The minimum absolute atomic E-state index is 0.478. The molecule has 2 aromatic carbocycles. The van der Waals surface area contributed by atoms with E-state index in [4.69, 9.17) is 16.2 Å². The Hall–Kier alpha value is -2.00. The fraction of sp³-hybridized carbons (Fsp3) is 0.636. The van der Waals surface area contributed by atoms with Crippen molar-refractivity contribution in [3.63, 3.8) is 0 Å². The Morgan fingerprint density at radius 3 is 2.00 bits per heavy atom. The van der Waals surface area contributed by atoms with Gasteiger partial charge in [-0.25, -0.2) is 0 Å². The third-order valence-electron chi connectivity index (χ3n) is 8.82. The highest BCUT2D eigenvalue weighted by Crippen LogP contribution is 2.36. The van der Waals surface area contributed by atoms with Crippen LogP contribution in [0.4, 0.5) is 11.4 Å². The molecular weight excluding hydrogens is 440 g/mol. The van der Waals surface area contributed by atoms with Crippen LogP contribution in [0.25, 0.3) is 0 Å². The van der Waals surface area contributed by atoms with Gasteiger partial charge in [0.1, 0.15) is 0 Å². The van der Waals surface area contributed by atoms with Crippen molar-refractivity contribution in [1.82, 2.24) is 0 Å². The highest BCUT2D eigenvalue weighted by molar-refractivity contribution is 5.55. The Kier molecular flexibility index (Phi) is 10.6. The number of anilines is 2. The third-order valence-corrected chi connectivity index (χ3v) is 8.82. The number of unbranched alkanes of at least 4 members (excludes halogenated alkanes) is 4. The number of hydrogen-bond donors (Lipinski definition) is 2. The minimum Gasteiger partial charge on any atom is -0.399 e. The van der Waals surface area contributed by atoms with E-state index in [1.54, 1.807) is 0 Å². The molecular formula is C33H50N2O. The smallest absolute Gasteiger partial charge is 0.0575 e. The van der Waals surface area contributed by atoms with Crippen molar-refractivity contribution >= 4 is 11.4 Å². The first-order valence-corrected chi connectivity index (χ1v) is 14.9. The fourth-order valence-corrected chi connectivity index (χ4v) is 6.55. The molecule has 4 N–H and O–H groups in total. The van der Waals surface area contributed by atoms with Gasteiger partial charge < -0.3 is 16.2 Å². The van der Waals surface area contributed by atoms with Gasteiger partial charge in [0.2, 0.25) is 0 Å². The van der Waals surface area contributed by atoms with Crippen LogP contribution in [0.3, 0.4) is 0 Å². The summed E-state index contributed by atoms with van der Waals surface area (Å²) in [4.78, 5) is 0. The molecule has 0 unspecified atom stereocenters. The van der Waals surface area contributed by atoms with E-state index < -0.39 is 0 Å². The molecule has 0 amide bonds. The number of ether oxygens (including phenoxy) is 1. The average molecular weight is 491 g/mol. The summed E-state index contributed by atoms with van der Waals surface area (Å²) in [5.41, 5.74) is 17.4. The van der Waals surface area contributed by atoms with Gasteiger partial charge in [0.25, 0.3) is 0 Å². The zero-order valence-electron chi connectivity index (χ0n) is 22.7. The molecule has 2 aromatic rings. The molecule has 0 aromatic heterocycles. The molecule has 0 heterocycles. The summed E-state index contributed by atoms with van der Waals surface area (Å²) in [5, 5.41) is 0. The highest BCUT2D eigenvalue weighted by atomic mass is 16.5. The minimum atomic E-state index is 0.478. The predicted octanol–water partition coefficient (Wildman–Crippen LogP) is 8.65. The standard InChI is InChI=1S/C33H50N2O/c1-2-3-4-5-6-7-25-8-10-27(11-9-25)24-36-33-18-16-30(17-19-33)29-14-12-26(13-15-29)20-28-21-31(34)23-32(35)22-28/h12-15,21-23,25,27,30,33H,2-11,16-20,24,34-35H2,1H3. The molecule has 0 saturated heterocycles. The second kappa shape index (κ2) is 14.1. The summed E-state index contributed by atoms with van der Waals surface area (Å²) in [6, 6.07) is 15.1. The Bertz CT molecular complexity index is 872. The first kappa shape index (κ1) is 27.0. The summed E-state index contributed by atoms with van der Waals surface area (Å²) in [5.74, 6) is 2.48. The number of rotatable bonds is 12. The first-order chi connectivity index (χ1) is 17.6. The lowest BCUT2D eigenvalue weighted by Gasteiger charge is -2.32. The van der Waals surface area contributed by atoms with E-state index in [0.717, 1.165) is 36.2 Å². The molecule has 3 heteroatoms. The van der Waals surface area contributed by atoms with Crippen molar-refractivity contribution in [2.75, 3.05) is 18.1 Å². The third kappa shape index (κ3) is 8.54. The number of nitrogens with two attached hydrogens (primary N) is 2. The summed E-state index contributed by atoms with van der Waals surface area (Å²) >= 11 is 0. The highest BCUT2D eigenvalue weighted by Gasteiger charge is 2.25. The summed E-state index contributed by atoms with van der Waals surface area (Å²) < 4.78 is 6.45. The van der Waals surface area contributed by atoms with E-state index in [9.17, 15) is 0 Å². The van der Waals surface area contributed by atoms with E-state index in [0.29, 0.717) is 12.0 Å². The van der Waals surface area contributed by atoms with Gasteiger partial charge >= 0.3 is 0 Å². The Labute approximate surface area is 220 Å². The molecule has 0 radical (unpaired) electrons. The molecule has 0 aliphatic heterocycles. The monoisotopic (exact) mass is 490 g/mol. The van der Waals surface area contributed by atoms with Crippen LogP contribution in [-0.2, 0) is 11.2 Å². The van der Waals surface area contributed by atoms with Crippen molar-refractivity contribution in [1.29, 1.82) is 0 Å². The fourth-order valence-electron chi connectivity index (χ4n) is 6.55. The van der Waals surface area contributed by atoms with Crippen LogP contribution in [-0.4, -0.2) is 12.7 Å². The summed E-state index contributed by atoms with van der Waals surface area (Å²) in [6.07, 6.45) is 20.5. The van der Waals surface area contributed by atoms with Gasteiger partial charge in [0.05, 0.1) is 6.10 Å². The zero-order chi connectivity index (χ0) is 25.2. The number of nitrogen functional groups attached to an aromatic ring is 2. The van der Waals surface area contributed by atoms with E-state index in [1.807, 2.05) is 18.2 Å². The molecule has 0 atom stereocenters. The van der Waals surface area contributed by atoms with Crippen molar-refractivity contribution in [2.45, 2.75) is 115 Å². The second-order valence-corrected chi connectivity index (χ2v) is 11.8. The van der Waals surface area contributed by atoms with Crippen LogP contribution in [0, 0.1) is 11.8 Å². The quantitative estimate of drug-likeness (QED) is 0.231. The van der Waals surface area contributed by atoms with Crippen molar-refractivity contribution < 1.29 is 4.74 Å². The Morgan fingerprint density at radius 2 is 1.33 bits per heavy atom. The van der Waals surface area contributed by atoms with Gasteiger partial charge in [-0.3, -0.25) is 0 Å². The lowest BCUT2D eigenvalue weighted by Crippen LogP contribution is -2.25. The topological polar surface area (TPSA) is 61.3 Å². The van der Waals surface area contributed by atoms with Gasteiger partial charge in [-0.05, 0) is 97.6 Å². The van der Waals surface area contributed by atoms with Crippen LogP contribution in [0.2, 0.25) is 0 Å². The normalized spacial score (nSPS) is 24.6. The van der Waals surface area contributed by atoms with E-state index in [-0.39, 0.29) is 0 Å². The van der Waals surface area contributed by atoms with Gasteiger partial charge in [-0.2, -0.15) is 0 Å². The molecule has 2 aliphatic carbocycles. The van der Waals surface area contributed by atoms with Crippen molar-refractivity contribution in [3.05, 3.63) is 59.2 Å². The number of hydrogen-bond acceptors (Lipinski definition) is 3. The Morgan fingerprint density at radius 1 is 0.694 bits per heavy atom. The summed E-state index contributed by atoms with van der Waals surface area (Å²) in [6.45, 7) is 3.30. The van der Waals surface area contributed by atoms with Crippen molar-refractivity contribution in [2.24, 2.45) is 11.8 Å². The SMILES string of the molecule is CCCCCCCC1CCC(COC2CCC(c3ccc(Cc4cc(N)cc(N)c4)cc3)CC2)CC1. The lowest BCUT2D eigenvalue weighted by molar-refractivity contribution is -0.00484. The van der Waals surface area contributed by atoms with Gasteiger partial charge in [0.15, 0.2) is 0 Å². The van der Waals surface area contributed by atoms with Gasteiger partial charge in [-0.15, -0.1) is 0 Å². The molecule has 0 bridgehead atoms. The van der Waals surface area contributed by atoms with E-state index in [2.05, 4.69) is 31.2 Å². The van der Waals surface area contributed by atoms with Crippen molar-refractivity contribution in [3.8, 4) is 0 Å². The molecule has 36 heavy (non-hydrogen) atoms. The maximum atomic E-state index is 6.45. The predicted molar refractivity (Wildman–Crippen MR) is 154 cm³/mol. The molecule has 198 valence electrons. The molecule has 0 spiro atoms. The van der Waals surface area contributed by atoms with Crippen LogP contribution in [0.15, 0.2) is 42.5 Å². The van der Waals surface area contributed by atoms with E-state index in [1.165, 1.54) is 107 Å². The molecule has 3 nitrogen and oxygen atoms in total. The Balaban J connectivity index is 1.12. The average Bonchev–Trinajstić information content (AvgIpc) is 2.88. The molecule has 2 fully saturated rings. The largest absolute Gasteiger partial charge is 0.399 e. The zero-order valence-corrected chi connectivity index (χ0v) is 22.7. The van der Waals surface area contributed by atoms with Crippen LogP contribution in [0.5, 0.6) is 0 Å². The maximum Gasteiger partial charge on any atom is 0.0575 e. The van der Waals surface area contributed by atoms with Crippen LogP contribution in [0.1, 0.15) is 119 Å². The lowest BCUT2D eigenvalue weighted by atomic mass is 9.80. The second-order valence-electron chi connectivity index (χ2n) is 11.8. The van der Waals surface area contributed by atoms with E-state index >= 15 is 0 Å². The van der Waals surface area contributed by atoms with Gasteiger partial charge in [0, 0.05) is 18.0 Å². The summed E-state index contributed by atoms with van der Waals surface area (Å²) in [7, 11) is 0. The molecule has 2 aliphatic rings. The molecule has 4 rings (SSSR count).